The van der Waals surface area contributed by atoms with E-state index in [0.29, 0.717) is 0 Å². The van der Waals surface area contributed by atoms with Crippen molar-refractivity contribution in [3.63, 3.8) is 0 Å². The highest BCUT2D eigenvalue weighted by Crippen LogP contribution is 2.51. The van der Waals surface area contributed by atoms with E-state index < -0.39 is 16.9 Å². The summed E-state index contributed by atoms with van der Waals surface area (Å²) in [6.45, 7) is 1.35. The summed E-state index contributed by atoms with van der Waals surface area (Å²) in [4.78, 5) is 15.1. The number of nitrogens with two attached hydrogens (primary N) is 2. The van der Waals surface area contributed by atoms with Crippen molar-refractivity contribution in [2.75, 3.05) is 0 Å². The number of fused-ring (bicyclic) bond motifs is 1. The van der Waals surface area contributed by atoms with Gasteiger partial charge in [-0.25, -0.2) is 0 Å². The summed E-state index contributed by atoms with van der Waals surface area (Å²) in [5, 5.41) is 18.2. The summed E-state index contributed by atoms with van der Waals surface area (Å²) < 4.78 is 5.12. The molecule has 7 nitrogen and oxygen atoms in total. The van der Waals surface area contributed by atoms with Crippen molar-refractivity contribution in [3.8, 4) is 12.1 Å². The monoisotopic (exact) mass is 217 g/mol. The van der Waals surface area contributed by atoms with Gasteiger partial charge in [-0.3, -0.25) is 4.79 Å². The number of nitrogens with zero attached hydrogens (tertiary/aromatic N) is 3. The van der Waals surface area contributed by atoms with Crippen molar-refractivity contribution in [2.45, 2.75) is 12.5 Å². The number of rotatable bonds is 0. The van der Waals surface area contributed by atoms with Gasteiger partial charge in [0.1, 0.15) is 17.5 Å². The third kappa shape index (κ3) is 0.695. The summed E-state index contributed by atoms with van der Waals surface area (Å²) in [7, 11) is 0. The zero-order chi connectivity index (χ0) is 12.1. The number of ether oxygens (including phenoxy) is 1. The van der Waals surface area contributed by atoms with Crippen LogP contribution in [0, 0.1) is 28.1 Å². The van der Waals surface area contributed by atoms with E-state index in [1.165, 1.54) is 6.92 Å². The highest BCUT2D eigenvalue weighted by molar-refractivity contribution is 6.14. The lowest BCUT2D eigenvalue weighted by Gasteiger charge is -2.27. The number of aliphatic imine (C=N–C) groups is 1. The standard InChI is InChI=1S/C9H7N5O2/c1-8-7(15)14-6(13)9(8,3-11)4(2-10)5(12)16-8/h12H2,1H3,(H2,13,14,15)/t8-,9-/m1/s1. The molecule has 0 unspecified atom stereocenters. The van der Waals surface area contributed by atoms with Crippen LogP contribution in [0.2, 0.25) is 0 Å². The molecule has 0 aliphatic carbocycles. The maximum absolute atomic E-state index is 11.6. The summed E-state index contributed by atoms with van der Waals surface area (Å²) >= 11 is 0. The third-order valence-electron chi connectivity index (χ3n) is 2.94. The predicted octanol–water partition coefficient (Wildman–Crippen LogP) is -1.12. The number of hydrogen-bond acceptors (Lipinski definition) is 6. The van der Waals surface area contributed by atoms with Crippen molar-refractivity contribution in [2.24, 2.45) is 21.9 Å². The molecule has 7 heteroatoms. The number of amides is 1. The molecular formula is C9H7N5O2. The van der Waals surface area contributed by atoms with Gasteiger partial charge in [0.15, 0.2) is 0 Å². The van der Waals surface area contributed by atoms with Gasteiger partial charge in [-0.05, 0) is 6.92 Å². The molecule has 2 aliphatic rings. The summed E-state index contributed by atoms with van der Waals surface area (Å²) in [5.74, 6) is -1.21. The first-order valence-corrected chi connectivity index (χ1v) is 4.33. The number of amidine groups is 1. The van der Waals surface area contributed by atoms with E-state index in [9.17, 15) is 10.1 Å². The minimum atomic E-state index is -1.69. The normalized spacial score (nSPS) is 36.2. The number of hydrogen-bond donors (Lipinski definition) is 2. The Hall–Kier alpha value is -2.54. The molecule has 0 bridgehead atoms. The maximum Gasteiger partial charge on any atom is 0.293 e. The average molecular weight is 217 g/mol. The predicted molar refractivity (Wildman–Crippen MR) is 51.0 cm³/mol. The fraction of sp³-hybridized carbons (Fsp3) is 0.333. The number of carbonyl (C=O) groups is 1. The van der Waals surface area contributed by atoms with E-state index in [1.54, 1.807) is 6.07 Å². The Kier molecular flexibility index (Phi) is 1.58. The van der Waals surface area contributed by atoms with Crippen LogP contribution >= 0.6 is 0 Å². The molecule has 0 aromatic carbocycles. The van der Waals surface area contributed by atoms with Crippen LogP contribution < -0.4 is 11.5 Å². The molecule has 2 aliphatic heterocycles. The van der Waals surface area contributed by atoms with Gasteiger partial charge in [-0.2, -0.15) is 15.5 Å². The van der Waals surface area contributed by atoms with Crippen molar-refractivity contribution >= 4 is 11.7 Å². The third-order valence-corrected chi connectivity index (χ3v) is 2.94. The largest absolute Gasteiger partial charge is 0.459 e. The highest BCUT2D eigenvalue weighted by Gasteiger charge is 2.70. The minimum absolute atomic E-state index is 0.162. The molecule has 0 fully saturated rings. The first kappa shape index (κ1) is 9.99. The molecule has 4 N–H and O–H groups in total. The first-order chi connectivity index (χ1) is 7.44. The van der Waals surface area contributed by atoms with Crippen LogP contribution in [0.5, 0.6) is 0 Å². The molecule has 16 heavy (non-hydrogen) atoms. The van der Waals surface area contributed by atoms with Gasteiger partial charge in [0.2, 0.25) is 16.9 Å². The first-order valence-electron chi connectivity index (χ1n) is 4.33. The van der Waals surface area contributed by atoms with Crippen LogP contribution in [-0.2, 0) is 9.53 Å². The van der Waals surface area contributed by atoms with Crippen molar-refractivity contribution in [1.82, 2.24) is 0 Å². The zero-order valence-electron chi connectivity index (χ0n) is 8.31. The summed E-state index contributed by atoms with van der Waals surface area (Å²) in [5.41, 5.74) is 7.55. The van der Waals surface area contributed by atoms with Crippen molar-refractivity contribution < 1.29 is 9.53 Å². The molecule has 2 heterocycles. The smallest absolute Gasteiger partial charge is 0.293 e. The van der Waals surface area contributed by atoms with Gasteiger partial charge in [0.25, 0.3) is 5.91 Å². The van der Waals surface area contributed by atoms with E-state index in [0.717, 1.165) is 0 Å². The minimum Gasteiger partial charge on any atom is -0.459 e. The van der Waals surface area contributed by atoms with Gasteiger partial charge in [0, 0.05) is 0 Å². The maximum atomic E-state index is 11.6. The zero-order valence-corrected chi connectivity index (χ0v) is 8.31. The van der Waals surface area contributed by atoms with Crippen LogP contribution in [0.4, 0.5) is 0 Å². The lowest BCUT2D eigenvalue weighted by Crippen LogP contribution is -2.50. The molecule has 2 rings (SSSR count). The molecule has 0 spiro atoms. The molecule has 2 atom stereocenters. The molecule has 0 saturated carbocycles. The Bertz CT molecular complexity index is 549. The van der Waals surface area contributed by atoms with E-state index in [-0.39, 0.29) is 17.3 Å². The van der Waals surface area contributed by atoms with Crippen molar-refractivity contribution in [3.05, 3.63) is 11.5 Å². The second-order valence-electron chi connectivity index (χ2n) is 3.65. The lowest BCUT2D eigenvalue weighted by atomic mass is 9.71. The Balaban J connectivity index is 2.80. The van der Waals surface area contributed by atoms with E-state index in [4.69, 9.17) is 21.5 Å². The molecule has 0 aromatic rings. The Morgan fingerprint density at radius 1 is 1.44 bits per heavy atom. The molecule has 0 saturated heterocycles. The molecular weight excluding hydrogens is 210 g/mol. The second-order valence-corrected chi connectivity index (χ2v) is 3.65. The topological polar surface area (TPSA) is 138 Å². The van der Waals surface area contributed by atoms with E-state index in [2.05, 4.69) is 4.99 Å². The van der Waals surface area contributed by atoms with Crippen LogP contribution in [0.1, 0.15) is 6.92 Å². The number of carbonyl (C=O) groups excluding carboxylic acids is 1. The van der Waals surface area contributed by atoms with Gasteiger partial charge in [-0.15, -0.1) is 0 Å². The van der Waals surface area contributed by atoms with Crippen molar-refractivity contribution in [1.29, 1.82) is 10.5 Å². The van der Waals surface area contributed by atoms with E-state index in [1.807, 2.05) is 6.07 Å². The second kappa shape index (κ2) is 2.52. The molecule has 0 radical (unpaired) electrons. The highest BCUT2D eigenvalue weighted by atomic mass is 16.5. The molecule has 1 amide bonds. The number of nitriles is 2. The lowest BCUT2D eigenvalue weighted by molar-refractivity contribution is -0.136. The Morgan fingerprint density at radius 3 is 2.56 bits per heavy atom. The average Bonchev–Trinajstić information content (AvgIpc) is 2.56. The Labute approximate surface area is 90.6 Å². The fourth-order valence-corrected chi connectivity index (χ4v) is 2.01. The van der Waals surface area contributed by atoms with Crippen LogP contribution in [-0.4, -0.2) is 17.3 Å². The van der Waals surface area contributed by atoms with Gasteiger partial charge in [0.05, 0.1) is 6.07 Å². The van der Waals surface area contributed by atoms with Gasteiger partial charge in [-0.1, -0.05) is 0 Å². The quantitative estimate of drug-likeness (QED) is 0.526. The molecule has 80 valence electrons. The van der Waals surface area contributed by atoms with Crippen LogP contribution in [0.3, 0.4) is 0 Å². The Morgan fingerprint density at radius 2 is 2.06 bits per heavy atom. The summed E-state index contributed by atoms with van der Waals surface area (Å²) in [6, 6.07) is 3.58. The van der Waals surface area contributed by atoms with Gasteiger partial charge < -0.3 is 16.2 Å². The fourth-order valence-electron chi connectivity index (χ4n) is 2.01. The SMILES string of the molecule is C[C@]12OC(N)=C(C#N)[C@]1(C#N)C(N)=NC2=O. The molecule has 0 aromatic heterocycles. The van der Waals surface area contributed by atoms with E-state index >= 15 is 0 Å². The van der Waals surface area contributed by atoms with Gasteiger partial charge >= 0.3 is 0 Å². The van der Waals surface area contributed by atoms with Crippen LogP contribution in [0.25, 0.3) is 0 Å². The summed E-state index contributed by atoms with van der Waals surface area (Å²) in [6.07, 6.45) is 0. The van der Waals surface area contributed by atoms with Crippen LogP contribution in [0.15, 0.2) is 16.4 Å².